The molecule has 2 fully saturated rings. The maximum atomic E-state index is 12.0. The first-order valence-electron chi connectivity index (χ1n) is 6.25. The van der Waals surface area contributed by atoms with Gasteiger partial charge >= 0.3 is 0 Å². The summed E-state index contributed by atoms with van der Waals surface area (Å²) in [7, 11) is 0. The van der Waals surface area contributed by atoms with Crippen LogP contribution >= 0.6 is 15.9 Å². The molecule has 2 rings (SSSR count). The van der Waals surface area contributed by atoms with Gasteiger partial charge in [-0.25, -0.2) is 0 Å². The van der Waals surface area contributed by atoms with Crippen LogP contribution in [0.15, 0.2) is 0 Å². The molecule has 1 heterocycles. The maximum absolute atomic E-state index is 12.0. The van der Waals surface area contributed by atoms with Crippen LogP contribution in [0.3, 0.4) is 0 Å². The number of carbonyl (C=O) groups excluding carboxylic acids is 1. The molecule has 4 heteroatoms. The van der Waals surface area contributed by atoms with E-state index in [1.54, 1.807) is 0 Å². The second-order valence-electron chi connectivity index (χ2n) is 4.81. The van der Waals surface area contributed by atoms with E-state index in [-0.39, 0.29) is 17.9 Å². The van der Waals surface area contributed by atoms with Gasteiger partial charge in [-0.15, -0.1) is 0 Å². The van der Waals surface area contributed by atoms with E-state index in [1.165, 1.54) is 12.8 Å². The summed E-state index contributed by atoms with van der Waals surface area (Å²) in [6, 6.07) is 0. The average molecular weight is 290 g/mol. The molecule has 3 unspecified atom stereocenters. The van der Waals surface area contributed by atoms with Crippen LogP contribution in [-0.4, -0.2) is 30.0 Å². The summed E-state index contributed by atoms with van der Waals surface area (Å²) in [6.45, 7) is 3.57. The standard InChI is InChI=1S/C12H20BrNO2/c1-2-11-9(5-6-16-11)12(15)14-7-10(13)8-3-4-8/h8-11H,2-7H2,1H3,(H,14,15). The van der Waals surface area contributed by atoms with Crippen molar-refractivity contribution in [3.8, 4) is 0 Å². The zero-order valence-corrected chi connectivity index (χ0v) is 11.3. The number of ether oxygens (including phenoxy) is 1. The molecule has 1 N–H and O–H groups in total. The molecule has 92 valence electrons. The lowest BCUT2D eigenvalue weighted by Gasteiger charge is -2.17. The predicted molar refractivity (Wildman–Crippen MR) is 66.6 cm³/mol. The Kier molecular flexibility index (Phi) is 4.25. The van der Waals surface area contributed by atoms with Crippen molar-refractivity contribution >= 4 is 21.8 Å². The van der Waals surface area contributed by atoms with E-state index in [0.717, 1.165) is 31.9 Å². The van der Waals surface area contributed by atoms with Crippen molar-refractivity contribution in [3.05, 3.63) is 0 Å². The molecular formula is C12H20BrNO2. The molecule has 0 radical (unpaired) electrons. The molecule has 1 amide bonds. The third-order valence-electron chi connectivity index (χ3n) is 3.55. The minimum absolute atomic E-state index is 0.0731. The van der Waals surface area contributed by atoms with Crippen LogP contribution in [0.4, 0.5) is 0 Å². The SMILES string of the molecule is CCC1OCCC1C(=O)NCC(Br)C1CC1. The molecule has 0 spiro atoms. The van der Waals surface area contributed by atoms with Crippen molar-refractivity contribution in [2.75, 3.05) is 13.2 Å². The molecule has 0 bridgehead atoms. The zero-order valence-electron chi connectivity index (χ0n) is 9.75. The van der Waals surface area contributed by atoms with Gasteiger partial charge in [-0.3, -0.25) is 4.79 Å². The second kappa shape index (κ2) is 5.50. The van der Waals surface area contributed by atoms with Crippen molar-refractivity contribution in [2.24, 2.45) is 11.8 Å². The van der Waals surface area contributed by atoms with Gasteiger partial charge in [0.1, 0.15) is 0 Å². The number of rotatable bonds is 5. The van der Waals surface area contributed by atoms with Crippen LogP contribution in [0.5, 0.6) is 0 Å². The molecule has 16 heavy (non-hydrogen) atoms. The van der Waals surface area contributed by atoms with E-state index in [4.69, 9.17) is 4.74 Å². The number of amides is 1. The van der Waals surface area contributed by atoms with Gasteiger partial charge in [-0.2, -0.15) is 0 Å². The molecule has 2 aliphatic rings. The number of hydrogen-bond acceptors (Lipinski definition) is 2. The van der Waals surface area contributed by atoms with Crippen molar-refractivity contribution in [2.45, 2.75) is 43.5 Å². The third-order valence-corrected chi connectivity index (χ3v) is 4.62. The number of halogens is 1. The molecule has 0 aromatic carbocycles. The summed E-state index contributed by atoms with van der Waals surface area (Å²) in [4.78, 5) is 12.4. The molecular weight excluding hydrogens is 270 g/mol. The lowest BCUT2D eigenvalue weighted by atomic mass is 9.99. The van der Waals surface area contributed by atoms with Crippen LogP contribution in [-0.2, 0) is 9.53 Å². The van der Waals surface area contributed by atoms with Crippen LogP contribution in [0.1, 0.15) is 32.6 Å². The highest BCUT2D eigenvalue weighted by atomic mass is 79.9. The number of hydrogen-bond donors (Lipinski definition) is 1. The summed E-state index contributed by atoms with van der Waals surface area (Å²) in [5, 5.41) is 3.04. The fraction of sp³-hybridized carbons (Fsp3) is 0.917. The van der Waals surface area contributed by atoms with Gasteiger partial charge in [0.25, 0.3) is 0 Å². The summed E-state index contributed by atoms with van der Waals surface area (Å²) < 4.78 is 5.53. The first-order chi connectivity index (χ1) is 7.72. The highest BCUT2D eigenvalue weighted by molar-refractivity contribution is 9.09. The van der Waals surface area contributed by atoms with Gasteiger partial charge in [0.05, 0.1) is 12.0 Å². The van der Waals surface area contributed by atoms with Crippen molar-refractivity contribution in [1.82, 2.24) is 5.32 Å². The topological polar surface area (TPSA) is 38.3 Å². The normalized spacial score (nSPS) is 31.4. The van der Waals surface area contributed by atoms with Crippen LogP contribution in [0.2, 0.25) is 0 Å². The van der Waals surface area contributed by atoms with Gasteiger partial charge in [0.2, 0.25) is 5.91 Å². The van der Waals surface area contributed by atoms with Gasteiger partial charge in [0.15, 0.2) is 0 Å². The van der Waals surface area contributed by atoms with E-state index < -0.39 is 0 Å². The fourth-order valence-corrected chi connectivity index (χ4v) is 3.00. The lowest BCUT2D eigenvalue weighted by molar-refractivity contribution is -0.126. The van der Waals surface area contributed by atoms with Crippen LogP contribution in [0.25, 0.3) is 0 Å². The molecule has 1 saturated carbocycles. The second-order valence-corrected chi connectivity index (χ2v) is 5.99. The Balaban J connectivity index is 1.73. The Labute approximate surface area is 105 Å². The Bertz CT molecular complexity index is 255. The molecule has 1 aliphatic heterocycles. The highest BCUT2D eigenvalue weighted by Crippen LogP contribution is 2.36. The summed E-state index contributed by atoms with van der Waals surface area (Å²) in [6.07, 6.45) is 4.54. The molecule has 3 nitrogen and oxygen atoms in total. The van der Waals surface area contributed by atoms with E-state index in [0.29, 0.717) is 4.83 Å². The maximum Gasteiger partial charge on any atom is 0.225 e. The number of carbonyl (C=O) groups is 1. The fourth-order valence-electron chi connectivity index (χ4n) is 2.30. The van der Waals surface area contributed by atoms with Gasteiger partial charge in [-0.1, -0.05) is 22.9 Å². The summed E-state index contributed by atoms with van der Waals surface area (Å²) >= 11 is 3.63. The summed E-state index contributed by atoms with van der Waals surface area (Å²) in [5.41, 5.74) is 0. The Hall–Kier alpha value is -0.0900. The van der Waals surface area contributed by atoms with Crippen molar-refractivity contribution < 1.29 is 9.53 Å². The van der Waals surface area contributed by atoms with Crippen LogP contribution < -0.4 is 5.32 Å². The number of nitrogens with one attached hydrogen (secondary N) is 1. The molecule has 0 aromatic rings. The van der Waals surface area contributed by atoms with Gasteiger partial charge in [-0.05, 0) is 31.6 Å². The minimum Gasteiger partial charge on any atom is -0.377 e. The molecule has 3 atom stereocenters. The highest BCUT2D eigenvalue weighted by Gasteiger charge is 2.34. The van der Waals surface area contributed by atoms with Gasteiger partial charge in [0, 0.05) is 18.0 Å². The average Bonchev–Trinajstić information content (AvgIpc) is 3.03. The molecule has 1 aliphatic carbocycles. The molecule has 0 aromatic heterocycles. The quantitative estimate of drug-likeness (QED) is 0.787. The first-order valence-corrected chi connectivity index (χ1v) is 7.17. The van der Waals surface area contributed by atoms with Gasteiger partial charge < -0.3 is 10.1 Å². The number of alkyl halides is 1. The third kappa shape index (κ3) is 2.98. The Morgan fingerprint density at radius 1 is 1.50 bits per heavy atom. The monoisotopic (exact) mass is 289 g/mol. The van der Waals surface area contributed by atoms with Crippen LogP contribution in [0, 0.1) is 11.8 Å². The van der Waals surface area contributed by atoms with E-state index in [1.807, 2.05) is 0 Å². The first kappa shape index (κ1) is 12.4. The zero-order chi connectivity index (χ0) is 11.5. The Morgan fingerprint density at radius 3 is 2.88 bits per heavy atom. The predicted octanol–water partition coefficient (Wildman–Crippen LogP) is 2.09. The Morgan fingerprint density at radius 2 is 2.25 bits per heavy atom. The smallest absolute Gasteiger partial charge is 0.225 e. The lowest BCUT2D eigenvalue weighted by Crippen LogP contribution is -2.38. The minimum atomic E-state index is 0.0731. The van der Waals surface area contributed by atoms with E-state index in [9.17, 15) is 4.79 Å². The largest absolute Gasteiger partial charge is 0.377 e. The van der Waals surface area contributed by atoms with E-state index in [2.05, 4.69) is 28.2 Å². The van der Waals surface area contributed by atoms with Crippen molar-refractivity contribution in [1.29, 1.82) is 0 Å². The summed E-state index contributed by atoms with van der Waals surface area (Å²) in [5.74, 6) is 1.03. The molecule has 1 saturated heterocycles. The van der Waals surface area contributed by atoms with Crippen molar-refractivity contribution in [3.63, 3.8) is 0 Å². The van der Waals surface area contributed by atoms with E-state index >= 15 is 0 Å².